The Bertz CT molecular complexity index is 1230. The number of allylic oxidation sites excluding steroid dienone is 3. The molecule has 0 saturated carbocycles. The first kappa shape index (κ1) is 60.6. The van der Waals surface area contributed by atoms with Crippen LogP contribution >= 0.6 is 0 Å². The minimum atomic E-state index is -5.09. The van der Waals surface area contributed by atoms with Crippen LogP contribution in [-0.4, -0.2) is 95.4 Å². The second kappa shape index (κ2) is 41.7. The van der Waals surface area contributed by atoms with Crippen molar-refractivity contribution in [3.63, 3.8) is 0 Å². The zero-order valence-corrected chi connectivity index (χ0v) is 41.4. The van der Waals surface area contributed by atoms with Gasteiger partial charge in [-0.15, -0.1) is 0 Å². The zero-order valence-electron chi connectivity index (χ0n) is 40.6. The first-order valence-corrected chi connectivity index (χ1v) is 27.6. The zero-order chi connectivity index (χ0) is 46.9. The third-order valence-corrected chi connectivity index (χ3v) is 12.9. The summed E-state index contributed by atoms with van der Waals surface area (Å²) in [6.07, 6.45) is 40.7. The lowest BCUT2D eigenvalue weighted by Gasteiger charge is -2.41. The highest BCUT2D eigenvalue weighted by atomic mass is 32.3. The van der Waals surface area contributed by atoms with Gasteiger partial charge in [-0.3, -0.25) is 9.35 Å². The maximum Gasteiger partial charge on any atom is 0.397 e. The van der Waals surface area contributed by atoms with Crippen LogP contribution in [0.5, 0.6) is 0 Å². The van der Waals surface area contributed by atoms with Gasteiger partial charge in [0.2, 0.25) is 5.91 Å². The first-order chi connectivity index (χ1) is 31.0. The van der Waals surface area contributed by atoms with Crippen LogP contribution in [0, 0.1) is 0 Å². The molecule has 0 aromatic rings. The summed E-state index contributed by atoms with van der Waals surface area (Å²) < 4.78 is 47.7. The molecule has 1 aliphatic heterocycles. The lowest BCUT2D eigenvalue weighted by Crippen LogP contribution is -2.61. The second-order valence-electron chi connectivity index (χ2n) is 18.5. The Kier molecular flexibility index (Phi) is 39.5. The number of rotatable bonds is 45. The monoisotopic (exact) mass is 932 g/mol. The standard InChI is InChI=1S/C51H97NO11S/c1-3-5-7-9-11-13-15-17-19-20-21-22-23-24-25-27-29-31-33-35-37-39-41-47(55)52-44(43-61-51-49(57)50(63-64(58,59)60)48(56)46(42-53)62-51)45(54)40-38-36-34-32-30-28-26-18-16-14-12-10-8-6-4-2/h23-24,38,40,44-46,48-51,53-54,56-57H,3-22,25-37,39,41-43H2,1-2H3,(H,52,55)(H,58,59,60)/b24-23-,40-38+. The average Bonchev–Trinajstić information content (AvgIpc) is 3.27. The number of ether oxygens (including phenoxy) is 2. The van der Waals surface area contributed by atoms with Gasteiger partial charge in [-0.2, -0.15) is 8.42 Å². The number of aliphatic hydroxyl groups is 4. The number of nitrogens with one attached hydrogen (secondary N) is 1. The van der Waals surface area contributed by atoms with Crippen LogP contribution in [0.2, 0.25) is 0 Å². The minimum Gasteiger partial charge on any atom is -0.394 e. The van der Waals surface area contributed by atoms with E-state index in [1.165, 1.54) is 167 Å². The highest BCUT2D eigenvalue weighted by molar-refractivity contribution is 7.80. The lowest BCUT2D eigenvalue weighted by atomic mass is 9.99. The fourth-order valence-electron chi connectivity index (χ4n) is 8.39. The Morgan fingerprint density at radius 1 is 0.609 bits per heavy atom. The van der Waals surface area contributed by atoms with Gasteiger partial charge < -0.3 is 35.2 Å². The Balaban J connectivity index is 2.43. The van der Waals surface area contributed by atoms with Gasteiger partial charge in [-0.1, -0.05) is 212 Å². The van der Waals surface area contributed by atoms with Gasteiger partial charge in [-0.25, -0.2) is 4.18 Å². The molecule has 1 heterocycles. The van der Waals surface area contributed by atoms with Crippen LogP contribution in [0.1, 0.15) is 239 Å². The van der Waals surface area contributed by atoms with E-state index in [0.717, 1.165) is 44.9 Å². The van der Waals surface area contributed by atoms with Crippen molar-refractivity contribution in [2.24, 2.45) is 0 Å². The molecule has 0 bridgehead atoms. The normalized spacial score (nSPS) is 20.4. The summed E-state index contributed by atoms with van der Waals surface area (Å²) in [5.74, 6) is -0.265. The van der Waals surface area contributed by atoms with Gasteiger partial charge in [0.1, 0.15) is 24.4 Å². The number of aliphatic hydroxyl groups excluding tert-OH is 4. The highest BCUT2D eigenvalue weighted by Crippen LogP contribution is 2.26. The molecule has 0 aromatic heterocycles. The van der Waals surface area contributed by atoms with E-state index in [4.69, 9.17) is 9.47 Å². The van der Waals surface area contributed by atoms with Crippen molar-refractivity contribution in [3.8, 4) is 0 Å². The maximum absolute atomic E-state index is 13.1. The molecule has 7 unspecified atom stereocenters. The van der Waals surface area contributed by atoms with Crippen molar-refractivity contribution < 1.29 is 51.8 Å². The van der Waals surface area contributed by atoms with E-state index in [1.807, 2.05) is 6.08 Å². The summed E-state index contributed by atoms with van der Waals surface area (Å²) in [6.45, 7) is 3.41. The molecule has 64 heavy (non-hydrogen) atoms. The third kappa shape index (κ3) is 34.0. The van der Waals surface area contributed by atoms with Crippen LogP contribution in [0.15, 0.2) is 24.3 Å². The number of carbonyl (C=O) groups excluding carboxylic acids is 1. The lowest BCUT2D eigenvalue weighted by molar-refractivity contribution is -0.298. The molecule has 0 aliphatic carbocycles. The van der Waals surface area contributed by atoms with Crippen molar-refractivity contribution in [1.82, 2.24) is 5.32 Å². The number of amides is 1. The van der Waals surface area contributed by atoms with Crippen LogP contribution < -0.4 is 5.32 Å². The number of hydrogen-bond acceptors (Lipinski definition) is 10. The van der Waals surface area contributed by atoms with E-state index < -0.39 is 59.9 Å². The van der Waals surface area contributed by atoms with Crippen LogP contribution in [-0.2, 0) is 28.9 Å². The molecule has 7 atom stereocenters. The molecule has 1 aliphatic rings. The predicted octanol–water partition coefficient (Wildman–Crippen LogP) is 11.3. The smallest absolute Gasteiger partial charge is 0.394 e. The van der Waals surface area contributed by atoms with Crippen molar-refractivity contribution >= 4 is 16.3 Å². The topological polar surface area (TPSA) is 192 Å². The summed E-state index contributed by atoms with van der Waals surface area (Å²) in [5, 5.41) is 44.8. The fraction of sp³-hybridized carbons (Fsp3) is 0.902. The van der Waals surface area contributed by atoms with Crippen LogP contribution in [0.3, 0.4) is 0 Å². The SMILES string of the molecule is CCCCCCCCCCCCC/C=C\CCCCCCCCCC(=O)NC(COC1OC(CO)C(O)C(OS(=O)(=O)O)C1O)C(O)/C=C/CCCCCCCCCCCCCCC. The molecule has 6 N–H and O–H groups in total. The molecule has 1 rings (SSSR count). The summed E-state index contributed by atoms with van der Waals surface area (Å²) in [4.78, 5) is 13.1. The molecule has 378 valence electrons. The molecule has 0 radical (unpaired) electrons. The van der Waals surface area contributed by atoms with Crippen molar-refractivity contribution in [2.45, 2.75) is 281 Å². The van der Waals surface area contributed by atoms with Crippen molar-refractivity contribution in [1.29, 1.82) is 0 Å². The third-order valence-electron chi connectivity index (χ3n) is 12.5. The molecule has 12 nitrogen and oxygen atoms in total. The van der Waals surface area contributed by atoms with Gasteiger partial charge in [0.25, 0.3) is 0 Å². The average molecular weight is 932 g/mol. The minimum absolute atomic E-state index is 0.265. The van der Waals surface area contributed by atoms with Gasteiger partial charge in [0.15, 0.2) is 6.29 Å². The summed E-state index contributed by atoms with van der Waals surface area (Å²) in [5.41, 5.74) is 0. The number of hydrogen-bond donors (Lipinski definition) is 6. The van der Waals surface area contributed by atoms with Gasteiger partial charge in [0, 0.05) is 6.42 Å². The molecule has 1 fully saturated rings. The van der Waals surface area contributed by atoms with E-state index in [2.05, 4.69) is 35.5 Å². The molecule has 13 heteroatoms. The summed E-state index contributed by atoms with van der Waals surface area (Å²) in [7, 11) is -5.09. The van der Waals surface area contributed by atoms with E-state index in [0.29, 0.717) is 6.42 Å². The Morgan fingerprint density at radius 2 is 1.00 bits per heavy atom. The van der Waals surface area contributed by atoms with E-state index in [9.17, 15) is 38.2 Å². The molecule has 0 aromatic carbocycles. The fourth-order valence-corrected chi connectivity index (χ4v) is 8.90. The van der Waals surface area contributed by atoms with Gasteiger partial charge in [-0.05, 0) is 44.9 Å². The Labute approximate surface area is 391 Å². The van der Waals surface area contributed by atoms with Crippen LogP contribution in [0.25, 0.3) is 0 Å². The van der Waals surface area contributed by atoms with Crippen LogP contribution in [0.4, 0.5) is 0 Å². The molecule has 0 spiro atoms. The largest absolute Gasteiger partial charge is 0.397 e. The molecular weight excluding hydrogens is 835 g/mol. The molecule has 1 amide bonds. The van der Waals surface area contributed by atoms with E-state index in [-0.39, 0.29) is 18.9 Å². The predicted molar refractivity (Wildman–Crippen MR) is 259 cm³/mol. The molecule has 1 saturated heterocycles. The van der Waals surface area contributed by atoms with E-state index >= 15 is 0 Å². The molecular formula is C51H97NO11S. The first-order valence-electron chi connectivity index (χ1n) is 26.2. The highest BCUT2D eigenvalue weighted by Gasteiger charge is 2.48. The van der Waals surface area contributed by atoms with Gasteiger partial charge >= 0.3 is 10.4 Å². The Hall–Kier alpha value is -1.42. The second-order valence-corrected chi connectivity index (χ2v) is 19.5. The summed E-state index contributed by atoms with van der Waals surface area (Å²) >= 11 is 0. The van der Waals surface area contributed by atoms with E-state index in [1.54, 1.807) is 6.08 Å². The maximum atomic E-state index is 13.1. The van der Waals surface area contributed by atoms with Gasteiger partial charge in [0.05, 0.1) is 25.4 Å². The quantitative estimate of drug-likeness (QED) is 0.0193. The Morgan fingerprint density at radius 3 is 1.41 bits per heavy atom. The summed E-state index contributed by atoms with van der Waals surface area (Å²) in [6, 6.07) is -0.944. The number of carbonyl (C=O) groups is 1. The van der Waals surface area contributed by atoms with Crippen molar-refractivity contribution in [2.75, 3.05) is 13.2 Å². The van der Waals surface area contributed by atoms with Crippen molar-refractivity contribution in [3.05, 3.63) is 24.3 Å². The number of unbranched alkanes of at least 4 members (excludes halogenated alkanes) is 31.